The molecule has 2 aromatic heterocycles. The molecule has 0 N–H and O–H groups in total. The third-order valence-electron chi connectivity index (χ3n) is 8.41. The maximum absolute atomic E-state index is 6.38. The summed E-state index contributed by atoms with van der Waals surface area (Å²) in [6.45, 7) is 4.51. The lowest BCUT2D eigenvalue weighted by Crippen LogP contribution is -2.16. The predicted octanol–water partition coefficient (Wildman–Crippen LogP) is 11.1. The van der Waals surface area contributed by atoms with Gasteiger partial charge >= 0.3 is 0 Å². The molecule has 0 aliphatic rings. The number of anilines is 2. The first-order valence-corrected chi connectivity index (χ1v) is 15.0. The number of pyridine rings is 1. The zero-order valence-electron chi connectivity index (χ0n) is 24.6. The zero-order valence-corrected chi connectivity index (χ0v) is 24.6. The van der Waals surface area contributed by atoms with Crippen LogP contribution in [0.5, 0.6) is 0 Å². The topological polar surface area (TPSA) is 41.6 Å². The second kappa shape index (κ2) is 11.3. The molecule has 0 aliphatic carbocycles. The highest BCUT2D eigenvalue weighted by Crippen LogP contribution is 2.40. The lowest BCUT2D eigenvalue weighted by Gasteiger charge is -2.26. The molecule has 8 aromatic rings. The fraction of sp³-hybridized carbons (Fsp3) is 0.0244. The van der Waals surface area contributed by atoms with Crippen molar-refractivity contribution >= 4 is 56.6 Å². The first-order chi connectivity index (χ1) is 22.3. The van der Waals surface area contributed by atoms with Crippen molar-refractivity contribution in [3.05, 3.63) is 157 Å². The fourth-order valence-corrected chi connectivity index (χ4v) is 6.17. The highest BCUT2D eigenvalue weighted by atomic mass is 16.3. The summed E-state index contributed by atoms with van der Waals surface area (Å²) in [5.74, 6) is 0. The summed E-state index contributed by atoms with van der Waals surface area (Å²) in [5, 5.41) is 3.16. The minimum Gasteiger partial charge on any atom is -0.455 e. The molecule has 0 amide bonds. The molecule has 0 aliphatic heterocycles. The van der Waals surface area contributed by atoms with Gasteiger partial charge < -0.3 is 9.32 Å². The third-order valence-corrected chi connectivity index (χ3v) is 8.41. The maximum atomic E-state index is 6.38. The highest BCUT2D eigenvalue weighted by molar-refractivity contribution is 6.19. The smallest absolute Gasteiger partial charge is 0.147 e. The Morgan fingerprint density at radius 1 is 0.600 bits per heavy atom. The van der Waals surface area contributed by atoms with Gasteiger partial charge in [0.2, 0.25) is 0 Å². The quantitative estimate of drug-likeness (QED) is 0.176. The van der Waals surface area contributed by atoms with E-state index in [1.807, 2.05) is 54.6 Å². The van der Waals surface area contributed by atoms with E-state index in [4.69, 9.17) is 9.40 Å². The Bertz CT molecular complexity index is 2300. The van der Waals surface area contributed by atoms with Crippen molar-refractivity contribution in [1.82, 2.24) is 4.98 Å². The predicted molar refractivity (Wildman–Crippen MR) is 188 cm³/mol. The summed E-state index contributed by atoms with van der Waals surface area (Å²) < 4.78 is 6.38. The number of nitrogens with zero attached hydrogens (tertiary/aromatic N) is 3. The van der Waals surface area contributed by atoms with Gasteiger partial charge in [0.1, 0.15) is 11.2 Å². The van der Waals surface area contributed by atoms with Crippen LogP contribution >= 0.6 is 0 Å². The highest BCUT2D eigenvalue weighted by Gasteiger charge is 2.18. The van der Waals surface area contributed by atoms with E-state index in [0.717, 1.165) is 72.3 Å². The van der Waals surface area contributed by atoms with E-state index in [9.17, 15) is 0 Å². The minimum absolute atomic E-state index is 0.706. The minimum atomic E-state index is 0.706. The standard InChI is InChI=1S/C41H29N3O/c1-42-36-16-8-9-17-37(36)44(32-11-3-2-4-12-32)27-28-19-21-29(22-20-28)30-23-25-31(26-24-30)40-39-34-14-6-10-18-38(34)45-41(39)33-13-5-7-15-35(33)43-40/h2-26H,1,27H2. The Labute approximate surface area is 261 Å². The van der Waals surface area contributed by atoms with Crippen molar-refractivity contribution in [2.75, 3.05) is 4.90 Å². The van der Waals surface area contributed by atoms with E-state index in [-0.39, 0.29) is 0 Å². The van der Waals surface area contributed by atoms with E-state index in [2.05, 4.69) is 114 Å². The lowest BCUT2D eigenvalue weighted by atomic mass is 9.98. The van der Waals surface area contributed by atoms with E-state index >= 15 is 0 Å². The Morgan fingerprint density at radius 3 is 2.00 bits per heavy atom. The van der Waals surface area contributed by atoms with Crippen molar-refractivity contribution in [2.45, 2.75) is 6.54 Å². The molecule has 6 aromatic carbocycles. The number of furan rings is 1. The van der Waals surface area contributed by atoms with E-state index < -0.39 is 0 Å². The van der Waals surface area contributed by atoms with Gasteiger partial charge in [-0.25, -0.2) is 4.98 Å². The number of fused-ring (bicyclic) bond motifs is 5. The van der Waals surface area contributed by atoms with Crippen LogP contribution in [-0.2, 0) is 6.54 Å². The second-order valence-electron chi connectivity index (χ2n) is 11.1. The third kappa shape index (κ3) is 4.83. The molecule has 0 spiro atoms. The summed E-state index contributed by atoms with van der Waals surface area (Å²) in [4.78, 5) is 11.7. The van der Waals surface area contributed by atoms with E-state index in [1.54, 1.807) is 0 Å². The molecule has 0 atom stereocenters. The average Bonchev–Trinajstić information content (AvgIpc) is 3.51. The lowest BCUT2D eigenvalue weighted by molar-refractivity contribution is 0.672. The van der Waals surface area contributed by atoms with E-state index in [1.165, 1.54) is 5.56 Å². The van der Waals surface area contributed by atoms with Gasteiger partial charge in [-0.15, -0.1) is 0 Å². The molecule has 8 rings (SSSR count). The molecule has 4 nitrogen and oxygen atoms in total. The molecule has 0 saturated carbocycles. The molecule has 0 radical (unpaired) electrons. The monoisotopic (exact) mass is 579 g/mol. The average molecular weight is 580 g/mol. The largest absolute Gasteiger partial charge is 0.455 e. The van der Waals surface area contributed by atoms with Gasteiger partial charge in [-0.1, -0.05) is 109 Å². The summed E-state index contributed by atoms with van der Waals surface area (Å²) in [7, 11) is 0. The molecule has 4 heteroatoms. The molecule has 0 unspecified atom stereocenters. The van der Waals surface area contributed by atoms with Crippen LogP contribution in [0.1, 0.15) is 5.56 Å². The second-order valence-corrected chi connectivity index (χ2v) is 11.1. The number of para-hydroxylation sites is 5. The van der Waals surface area contributed by atoms with Crippen LogP contribution in [0.3, 0.4) is 0 Å². The van der Waals surface area contributed by atoms with Crippen LogP contribution in [0.25, 0.3) is 55.2 Å². The van der Waals surface area contributed by atoms with E-state index in [0.29, 0.717) is 6.54 Å². The van der Waals surface area contributed by atoms with Gasteiger partial charge in [0.15, 0.2) is 0 Å². The molecule has 2 heterocycles. The molecule has 0 saturated heterocycles. The maximum Gasteiger partial charge on any atom is 0.147 e. The molecule has 0 fully saturated rings. The van der Waals surface area contributed by atoms with Crippen LogP contribution in [0, 0.1) is 0 Å². The zero-order chi connectivity index (χ0) is 30.2. The van der Waals surface area contributed by atoms with Crippen LogP contribution in [0.2, 0.25) is 0 Å². The number of benzene rings is 6. The first kappa shape index (κ1) is 26.6. The summed E-state index contributed by atoms with van der Waals surface area (Å²) in [6.07, 6.45) is 0. The number of aliphatic imine (C=N–C) groups is 1. The van der Waals surface area contributed by atoms with Crippen molar-refractivity contribution in [3.63, 3.8) is 0 Å². The van der Waals surface area contributed by atoms with Gasteiger partial charge in [0.05, 0.1) is 28.0 Å². The van der Waals surface area contributed by atoms with Crippen molar-refractivity contribution in [2.24, 2.45) is 4.99 Å². The van der Waals surface area contributed by atoms with Gasteiger partial charge in [-0.05, 0) is 65.9 Å². The fourth-order valence-electron chi connectivity index (χ4n) is 6.17. The number of hydrogen-bond acceptors (Lipinski definition) is 4. The van der Waals surface area contributed by atoms with Crippen molar-refractivity contribution in [3.8, 4) is 22.4 Å². The Kier molecular flexibility index (Phi) is 6.65. The normalized spacial score (nSPS) is 11.3. The van der Waals surface area contributed by atoms with Gasteiger partial charge in [-0.2, -0.15) is 0 Å². The molecule has 45 heavy (non-hydrogen) atoms. The first-order valence-electron chi connectivity index (χ1n) is 15.0. The molecule has 0 bridgehead atoms. The Hall–Kier alpha value is -6.00. The van der Waals surface area contributed by atoms with Gasteiger partial charge in [0, 0.05) is 28.6 Å². The van der Waals surface area contributed by atoms with Gasteiger partial charge in [0.25, 0.3) is 0 Å². The Balaban J connectivity index is 1.12. The molecule has 214 valence electrons. The number of aromatic nitrogens is 1. The van der Waals surface area contributed by atoms with Crippen LogP contribution in [-0.4, -0.2) is 11.7 Å². The summed E-state index contributed by atoms with van der Waals surface area (Å²) in [6, 6.07) is 52.4. The SMILES string of the molecule is C=Nc1ccccc1N(Cc1ccc(-c2ccc(-c3nc4ccccc4c4oc5ccccc5c34)cc2)cc1)c1ccccc1. The summed E-state index contributed by atoms with van der Waals surface area (Å²) in [5.41, 5.74) is 11.2. The van der Waals surface area contributed by atoms with Crippen LogP contribution in [0.15, 0.2) is 161 Å². The van der Waals surface area contributed by atoms with Crippen LogP contribution < -0.4 is 4.90 Å². The van der Waals surface area contributed by atoms with Crippen LogP contribution in [0.4, 0.5) is 17.1 Å². The van der Waals surface area contributed by atoms with Crippen molar-refractivity contribution < 1.29 is 4.42 Å². The molecular weight excluding hydrogens is 550 g/mol. The number of rotatable bonds is 7. The number of hydrogen-bond donors (Lipinski definition) is 0. The summed E-state index contributed by atoms with van der Waals surface area (Å²) >= 11 is 0. The van der Waals surface area contributed by atoms with Crippen molar-refractivity contribution in [1.29, 1.82) is 0 Å². The molecular formula is C41H29N3O. The van der Waals surface area contributed by atoms with Gasteiger partial charge in [-0.3, -0.25) is 4.99 Å². The Morgan fingerprint density at radius 2 is 1.22 bits per heavy atom.